The van der Waals surface area contributed by atoms with Crippen molar-refractivity contribution in [2.45, 2.75) is 19.3 Å². The quantitative estimate of drug-likeness (QED) is 0.818. The van der Waals surface area contributed by atoms with Crippen molar-refractivity contribution in [3.8, 4) is 28.7 Å². The Labute approximate surface area is 164 Å². The summed E-state index contributed by atoms with van der Waals surface area (Å²) in [4.78, 5) is 12.5. The zero-order valence-corrected chi connectivity index (χ0v) is 17.0. The molecular formula is C21H25NO6. The van der Waals surface area contributed by atoms with E-state index in [0.29, 0.717) is 34.4 Å². The number of carbonyl (C=O) groups excluding carboxylic acids is 1. The molecule has 1 atom stereocenters. The zero-order chi connectivity index (χ0) is 20.4. The standard InChI is InChI=1S/C21H25NO6/c1-11-7-15(24-2)16(25-3)8-12(11)13-9-18(23)22-14-10-17(26-4)20(27-5)21(28-6)19(13)14/h7-8,10,13H,9H2,1-6H3,(H,22,23). The van der Waals surface area contributed by atoms with E-state index in [2.05, 4.69) is 5.32 Å². The number of carbonyl (C=O) groups is 1. The Hall–Kier alpha value is -3.09. The summed E-state index contributed by atoms with van der Waals surface area (Å²) < 4.78 is 27.5. The van der Waals surface area contributed by atoms with Crippen molar-refractivity contribution in [1.82, 2.24) is 0 Å². The van der Waals surface area contributed by atoms with Gasteiger partial charge in [-0.15, -0.1) is 0 Å². The Bertz CT molecular complexity index is 908. The fourth-order valence-electron chi connectivity index (χ4n) is 3.75. The van der Waals surface area contributed by atoms with Gasteiger partial charge in [-0.25, -0.2) is 0 Å². The van der Waals surface area contributed by atoms with Gasteiger partial charge in [-0.1, -0.05) is 0 Å². The Morgan fingerprint density at radius 1 is 0.821 bits per heavy atom. The highest BCUT2D eigenvalue weighted by molar-refractivity contribution is 5.97. The van der Waals surface area contributed by atoms with Gasteiger partial charge in [0.05, 0.1) is 41.2 Å². The number of amides is 1. The number of benzene rings is 2. The minimum atomic E-state index is -0.238. The third kappa shape index (κ3) is 3.17. The predicted molar refractivity (Wildman–Crippen MR) is 105 cm³/mol. The van der Waals surface area contributed by atoms with E-state index >= 15 is 0 Å². The SMILES string of the molecule is COc1cc(C)c(C2CC(=O)Nc3cc(OC)c(OC)c(OC)c32)cc1OC. The summed E-state index contributed by atoms with van der Waals surface area (Å²) in [5, 5.41) is 2.92. The molecule has 1 heterocycles. The third-order valence-corrected chi connectivity index (χ3v) is 5.03. The first-order chi connectivity index (χ1) is 13.5. The van der Waals surface area contributed by atoms with Crippen LogP contribution in [-0.4, -0.2) is 41.5 Å². The summed E-state index contributed by atoms with van der Waals surface area (Å²) in [5.74, 6) is 2.44. The number of hydrogen-bond acceptors (Lipinski definition) is 6. The summed E-state index contributed by atoms with van der Waals surface area (Å²) in [6.45, 7) is 1.98. The van der Waals surface area contributed by atoms with Crippen molar-refractivity contribution in [2.24, 2.45) is 0 Å². The molecule has 1 amide bonds. The molecule has 28 heavy (non-hydrogen) atoms. The number of anilines is 1. The molecule has 0 saturated carbocycles. The van der Waals surface area contributed by atoms with Gasteiger partial charge < -0.3 is 29.0 Å². The lowest BCUT2D eigenvalue weighted by Crippen LogP contribution is -2.25. The average molecular weight is 387 g/mol. The van der Waals surface area contributed by atoms with Gasteiger partial charge in [-0.05, 0) is 30.2 Å². The van der Waals surface area contributed by atoms with Crippen LogP contribution in [-0.2, 0) is 4.79 Å². The lowest BCUT2D eigenvalue weighted by molar-refractivity contribution is -0.116. The molecule has 1 aliphatic heterocycles. The van der Waals surface area contributed by atoms with Crippen LogP contribution in [0, 0.1) is 6.92 Å². The molecular weight excluding hydrogens is 362 g/mol. The summed E-state index contributed by atoms with van der Waals surface area (Å²) >= 11 is 0. The van der Waals surface area contributed by atoms with E-state index in [-0.39, 0.29) is 18.2 Å². The van der Waals surface area contributed by atoms with E-state index < -0.39 is 0 Å². The van der Waals surface area contributed by atoms with Crippen molar-refractivity contribution < 1.29 is 28.5 Å². The van der Waals surface area contributed by atoms with Crippen LogP contribution in [0.15, 0.2) is 18.2 Å². The molecule has 0 aliphatic carbocycles. The number of methoxy groups -OCH3 is 5. The van der Waals surface area contributed by atoms with E-state index in [0.717, 1.165) is 16.7 Å². The normalized spacial score (nSPS) is 15.4. The van der Waals surface area contributed by atoms with E-state index in [9.17, 15) is 4.79 Å². The third-order valence-electron chi connectivity index (χ3n) is 5.03. The molecule has 0 spiro atoms. The second-order valence-corrected chi connectivity index (χ2v) is 6.48. The summed E-state index contributed by atoms with van der Waals surface area (Å²) in [5.41, 5.74) is 3.43. The molecule has 7 nitrogen and oxygen atoms in total. The van der Waals surface area contributed by atoms with Crippen molar-refractivity contribution in [1.29, 1.82) is 0 Å². The number of fused-ring (bicyclic) bond motifs is 1. The molecule has 3 rings (SSSR count). The smallest absolute Gasteiger partial charge is 0.225 e. The fraction of sp³-hybridized carbons (Fsp3) is 0.381. The van der Waals surface area contributed by atoms with Crippen LogP contribution in [0.5, 0.6) is 28.7 Å². The highest BCUT2D eigenvalue weighted by atomic mass is 16.5. The Balaban J connectivity index is 2.28. The maximum absolute atomic E-state index is 12.5. The van der Waals surface area contributed by atoms with Crippen molar-refractivity contribution in [3.05, 3.63) is 34.9 Å². The average Bonchev–Trinajstić information content (AvgIpc) is 2.71. The van der Waals surface area contributed by atoms with Crippen LogP contribution in [0.4, 0.5) is 5.69 Å². The Kier molecular flexibility index (Phi) is 5.53. The molecule has 1 unspecified atom stereocenters. The number of aryl methyl sites for hydroxylation is 1. The summed E-state index contributed by atoms with van der Waals surface area (Å²) in [7, 11) is 7.87. The van der Waals surface area contributed by atoms with Crippen LogP contribution >= 0.6 is 0 Å². The van der Waals surface area contributed by atoms with Gasteiger partial charge in [0.15, 0.2) is 23.0 Å². The number of hydrogen-bond donors (Lipinski definition) is 1. The van der Waals surface area contributed by atoms with Gasteiger partial charge >= 0.3 is 0 Å². The molecule has 0 fully saturated rings. The number of nitrogens with one attached hydrogen (secondary N) is 1. The highest BCUT2D eigenvalue weighted by Crippen LogP contribution is 2.52. The van der Waals surface area contributed by atoms with E-state index in [1.54, 1.807) is 41.6 Å². The van der Waals surface area contributed by atoms with Crippen LogP contribution in [0.3, 0.4) is 0 Å². The fourth-order valence-corrected chi connectivity index (χ4v) is 3.75. The monoisotopic (exact) mass is 387 g/mol. The molecule has 2 aromatic rings. The predicted octanol–water partition coefficient (Wildman–Crippen LogP) is 3.51. The van der Waals surface area contributed by atoms with Gasteiger partial charge in [0.25, 0.3) is 0 Å². The molecule has 150 valence electrons. The zero-order valence-electron chi connectivity index (χ0n) is 17.0. The lowest BCUT2D eigenvalue weighted by Gasteiger charge is -2.30. The molecule has 0 radical (unpaired) electrons. The molecule has 2 aromatic carbocycles. The van der Waals surface area contributed by atoms with Crippen LogP contribution in [0.2, 0.25) is 0 Å². The van der Waals surface area contributed by atoms with Crippen LogP contribution < -0.4 is 29.0 Å². The lowest BCUT2D eigenvalue weighted by atomic mass is 9.81. The van der Waals surface area contributed by atoms with Crippen molar-refractivity contribution in [2.75, 3.05) is 40.9 Å². The summed E-state index contributed by atoms with van der Waals surface area (Å²) in [6, 6.07) is 5.59. The second kappa shape index (κ2) is 7.88. The minimum Gasteiger partial charge on any atom is -0.493 e. The second-order valence-electron chi connectivity index (χ2n) is 6.48. The topological polar surface area (TPSA) is 75.3 Å². The number of rotatable bonds is 6. The maximum atomic E-state index is 12.5. The van der Waals surface area contributed by atoms with Gasteiger partial charge in [0, 0.05) is 24.0 Å². The van der Waals surface area contributed by atoms with E-state index in [1.165, 1.54) is 0 Å². The molecule has 7 heteroatoms. The van der Waals surface area contributed by atoms with Crippen LogP contribution in [0.25, 0.3) is 0 Å². The van der Waals surface area contributed by atoms with Gasteiger partial charge in [0.2, 0.25) is 11.7 Å². The molecule has 0 aromatic heterocycles. The Morgan fingerprint density at radius 2 is 1.43 bits per heavy atom. The maximum Gasteiger partial charge on any atom is 0.225 e. The van der Waals surface area contributed by atoms with Gasteiger partial charge in [-0.3, -0.25) is 4.79 Å². The van der Waals surface area contributed by atoms with Gasteiger partial charge in [0.1, 0.15) is 0 Å². The van der Waals surface area contributed by atoms with Crippen LogP contribution in [0.1, 0.15) is 29.0 Å². The molecule has 1 N–H and O–H groups in total. The van der Waals surface area contributed by atoms with E-state index in [1.807, 2.05) is 19.1 Å². The van der Waals surface area contributed by atoms with Crippen molar-refractivity contribution >= 4 is 11.6 Å². The minimum absolute atomic E-state index is 0.0824. The van der Waals surface area contributed by atoms with Gasteiger partial charge in [-0.2, -0.15) is 0 Å². The molecule has 0 saturated heterocycles. The first-order valence-electron chi connectivity index (χ1n) is 8.84. The first-order valence-corrected chi connectivity index (χ1v) is 8.84. The molecule has 1 aliphatic rings. The highest BCUT2D eigenvalue weighted by Gasteiger charge is 2.34. The number of ether oxygens (including phenoxy) is 5. The molecule has 0 bridgehead atoms. The largest absolute Gasteiger partial charge is 0.493 e. The summed E-state index contributed by atoms with van der Waals surface area (Å²) in [6.07, 6.45) is 0.273. The Morgan fingerprint density at radius 3 is 2.00 bits per heavy atom. The first kappa shape index (κ1) is 19.7. The van der Waals surface area contributed by atoms with Crippen molar-refractivity contribution in [3.63, 3.8) is 0 Å². The van der Waals surface area contributed by atoms with E-state index in [4.69, 9.17) is 23.7 Å².